The average Bonchev–Trinajstić information content (AvgIpc) is 3.07. The second-order valence-electron chi connectivity index (χ2n) is 5.62. The Morgan fingerprint density at radius 2 is 2.05 bits per heavy atom. The maximum Gasteiger partial charge on any atom is 0.317 e. The highest BCUT2D eigenvalue weighted by molar-refractivity contribution is 5.74. The third-order valence-corrected chi connectivity index (χ3v) is 3.11. The van der Waals surface area contributed by atoms with Crippen LogP contribution < -0.4 is 5.32 Å². The number of urea groups is 1. The highest BCUT2D eigenvalue weighted by Crippen LogP contribution is 2.29. The highest BCUT2D eigenvalue weighted by atomic mass is 16.4. The Hall–Kier alpha value is -1.30. The second-order valence-corrected chi connectivity index (χ2v) is 5.62. The fraction of sp³-hybridized carbons (Fsp3) is 0.846. The van der Waals surface area contributed by atoms with Crippen molar-refractivity contribution in [2.45, 2.75) is 45.1 Å². The minimum atomic E-state index is -1.42. The van der Waals surface area contributed by atoms with Crippen LogP contribution in [0.4, 0.5) is 4.79 Å². The number of aliphatic carboxylic acids is 1. The van der Waals surface area contributed by atoms with Crippen molar-refractivity contribution in [2.75, 3.05) is 19.6 Å². The van der Waals surface area contributed by atoms with Crippen molar-refractivity contribution in [3.63, 3.8) is 0 Å². The van der Waals surface area contributed by atoms with Crippen molar-refractivity contribution in [2.24, 2.45) is 5.92 Å². The Morgan fingerprint density at radius 1 is 1.42 bits per heavy atom. The number of amides is 2. The van der Waals surface area contributed by atoms with Gasteiger partial charge in [-0.15, -0.1) is 0 Å². The maximum atomic E-state index is 12.0. The zero-order chi connectivity index (χ0) is 14.5. The molecule has 0 bridgehead atoms. The number of carboxylic acids is 1. The van der Waals surface area contributed by atoms with E-state index in [0.717, 1.165) is 13.0 Å². The number of rotatable bonds is 8. The summed E-state index contributed by atoms with van der Waals surface area (Å²) in [6.07, 6.45) is 2.84. The summed E-state index contributed by atoms with van der Waals surface area (Å²) in [5, 5.41) is 21.1. The average molecular weight is 272 g/mol. The second kappa shape index (κ2) is 6.75. The number of aliphatic hydroxyl groups is 1. The molecule has 6 heteroatoms. The number of carbonyl (C=O) groups excluding carboxylic acids is 1. The van der Waals surface area contributed by atoms with Crippen molar-refractivity contribution in [1.29, 1.82) is 0 Å². The van der Waals surface area contributed by atoms with Gasteiger partial charge in [-0.3, -0.25) is 4.79 Å². The van der Waals surface area contributed by atoms with Crippen molar-refractivity contribution in [3.05, 3.63) is 0 Å². The summed E-state index contributed by atoms with van der Waals surface area (Å²) in [6.45, 7) is 4.80. The normalized spacial score (nSPS) is 17.6. The summed E-state index contributed by atoms with van der Waals surface area (Å²) in [6, 6.07) is -0.223. The number of hydrogen-bond acceptors (Lipinski definition) is 3. The lowest BCUT2D eigenvalue weighted by Gasteiger charge is -2.26. The molecular weight excluding hydrogens is 248 g/mol. The van der Waals surface area contributed by atoms with Crippen LogP contribution >= 0.6 is 0 Å². The number of hydrogen-bond donors (Lipinski definition) is 3. The Balaban J connectivity index is 2.39. The monoisotopic (exact) mass is 272 g/mol. The zero-order valence-corrected chi connectivity index (χ0v) is 11.7. The van der Waals surface area contributed by atoms with Gasteiger partial charge in [-0.05, 0) is 32.1 Å². The van der Waals surface area contributed by atoms with E-state index in [0.29, 0.717) is 12.5 Å². The minimum absolute atomic E-state index is 0.0526. The van der Waals surface area contributed by atoms with Gasteiger partial charge in [0.1, 0.15) is 0 Å². The zero-order valence-electron chi connectivity index (χ0n) is 11.7. The first kappa shape index (κ1) is 15.8. The lowest BCUT2D eigenvalue weighted by molar-refractivity contribution is -0.141. The predicted octanol–water partition coefficient (Wildman–Crippen LogP) is 1.04. The third-order valence-electron chi connectivity index (χ3n) is 3.11. The van der Waals surface area contributed by atoms with E-state index in [-0.39, 0.29) is 19.0 Å². The van der Waals surface area contributed by atoms with E-state index in [4.69, 9.17) is 5.11 Å². The molecule has 0 aromatic carbocycles. The molecule has 1 fully saturated rings. The van der Waals surface area contributed by atoms with Crippen molar-refractivity contribution in [3.8, 4) is 0 Å². The highest BCUT2D eigenvalue weighted by Gasteiger charge is 2.28. The van der Waals surface area contributed by atoms with Crippen LogP contribution in [0.3, 0.4) is 0 Å². The van der Waals surface area contributed by atoms with Crippen LogP contribution in [0.2, 0.25) is 0 Å². The molecule has 6 nitrogen and oxygen atoms in total. The van der Waals surface area contributed by atoms with Gasteiger partial charge >= 0.3 is 12.0 Å². The van der Waals surface area contributed by atoms with Gasteiger partial charge in [0, 0.05) is 19.6 Å². The van der Waals surface area contributed by atoms with E-state index < -0.39 is 11.6 Å². The van der Waals surface area contributed by atoms with E-state index in [1.165, 1.54) is 19.8 Å². The number of nitrogens with one attached hydrogen (secondary N) is 1. The first-order valence-corrected chi connectivity index (χ1v) is 6.81. The van der Waals surface area contributed by atoms with Crippen LogP contribution in [-0.4, -0.2) is 52.3 Å². The number of carboxylic acid groups (broad SMARTS) is 1. The lowest BCUT2D eigenvalue weighted by atomic mass is 10.0. The van der Waals surface area contributed by atoms with Crippen molar-refractivity contribution >= 4 is 12.0 Å². The van der Waals surface area contributed by atoms with Crippen LogP contribution in [0.5, 0.6) is 0 Å². The van der Waals surface area contributed by atoms with Gasteiger partial charge < -0.3 is 20.4 Å². The SMILES string of the molecule is CCCN(CC1CC1)C(=O)NCC(C)(O)CC(=O)O. The molecule has 1 aliphatic rings. The molecule has 0 saturated heterocycles. The predicted molar refractivity (Wildman–Crippen MR) is 70.9 cm³/mol. The quantitative estimate of drug-likeness (QED) is 0.616. The molecule has 1 unspecified atom stereocenters. The van der Waals surface area contributed by atoms with Crippen LogP contribution in [0, 0.1) is 5.92 Å². The summed E-state index contributed by atoms with van der Waals surface area (Å²) < 4.78 is 0. The summed E-state index contributed by atoms with van der Waals surface area (Å²) in [5.41, 5.74) is -1.42. The molecule has 0 spiro atoms. The molecular formula is C13H24N2O4. The first-order chi connectivity index (χ1) is 8.84. The van der Waals surface area contributed by atoms with Gasteiger partial charge in [0.05, 0.1) is 12.0 Å². The molecule has 3 N–H and O–H groups in total. The van der Waals surface area contributed by atoms with Gasteiger partial charge in [-0.1, -0.05) is 6.92 Å². The molecule has 110 valence electrons. The Bertz CT molecular complexity index is 327. The smallest absolute Gasteiger partial charge is 0.317 e. The number of carbonyl (C=O) groups is 2. The van der Waals surface area contributed by atoms with Gasteiger partial charge in [-0.2, -0.15) is 0 Å². The summed E-state index contributed by atoms with van der Waals surface area (Å²) in [4.78, 5) is 24.3. The molecule has 1 rings (SSSR count). The molecule has 0 aliphatic heterocycles. The molecule has 0 radical (unpaired) electrons. The van der Waals surface area contributed by atoms with E-state index in [1.807, 2.05) is 6.92 Å². The largest absolute Gasteiger partial charge is 0.481 e. The van der Waals surface area contributed by atoms with Gasteiger partial charge in [0.15, 0.2) is 0 Å². The van der Waals surface area contributed by atoms with Crippen LogP contribution in [-0.2, 0) is 4.79 Å². The standard InChI is InChI=1S/C13H24N2O4/c1-3-6-15(8-10-4-5-10)12(18)14-9-13(2,19)7-11(16)17/h10,19H,3-9H2,1-2H3,(H,14,18)(H,16,17). The van der Waals surface area contributed by atoms with E-state index in [9.17, 15) is 14.7 Å². The van der Waals surface area contributed by atoms with Crippen LogP contribution in [0.15, 0.2) is 0 Å². The lowest BCUT2D eigenvalue weighted by Crippen LogP contribution is -2.48. The molecule has 19 heavy (non-hydrogen) atoms. The molecule has 0 aromatic rings. The van der Waals surface area contributed by atoms with Crippen molar-refractivity contribution < 1.29 is 19.8 Å². The van der Waals surface area contributed by atoms with E-state index in [1.54, 1.807) is 4.90 Å². The minimum Gasteiger partial charge on any atom is -0.481 e. The Labute approximate surface area is 113 Å². The molecule has 0 heterocycles. The van der Waals surface area contributed by atoms with Gasteiger partial charge in [-0.25, -0.2) is 4.79 Å². The Morgan fingerprint density at radius 3 is 2.53 bits per heavy atom. The Kier molecular flexibility index (Phi) is 5.60. The van der Waals surface area contributed by atoms with Crippen LogP contribution in [0.25, 0.3) is 0 Å². The van der Waals surface area contributed by atoms with Crippen molar-refractivity contribution in [1.82, 2.24) is 10.2 Å². The molecule has 1 atom stereocenters. The topological polar surface area (TPSA) is 89.9 Å². The maximum absolute atomic E-state index is 12.0. The third kappa shape index (κ3) is 6.42. The summed E-state index contributed by atoms with van der Waals surface area (Å²) in [7, 11) is 0. The molecule has 0 aromatic heterocycles. The molecule has 2 amide bonds. The molecule has 1 saturated carbocycles. The molecule has 1 aliphatic carbocycles. The van der Waals surface area contributed by atoms with Gasteiger partial charge in [0.25, 0.3) is 0 Å². The first-order valence-electron chi connectivity index (χ1n) is 6.81. The summed E-state index contributed by atoms with van der Waals surface area (Å²) in [5.74, 6) is -0.473. The fourth-order valence-corrected chi connectivity index (χ4v) is 1.92. The number of nitrogens with zero attached hydrogens (tertiary/aromatic N) is 1. The van der Waals surface area contributed by atoms with E-state index in [2.05, 4.69) is 5.32 Å². The van der Waals surface area contributed by atoms with E-state index >= 15 is 0 Å². The van der Waals surface area contributed by atoms with Gasteiger partial charge in [0.2, 0.25) is 0 Å². The van der Waals surface area contributed by atoms with Crippen LogP contribution in [0.1, 0.15) is 39.5 Å². The fourth-order valence-electron chi connectivity index (χ4n) is 1.92. The summed E-state index contributed by atoms with van der Waals surface area (Å²) >= 11 is 0.